The number of hydrogen-bond donors (Lipinski definition) is 1. The maximum atomic E-state index is 12.4. The maximum Gasteiger partial charge on any atom is 0.238 e. The second-order valence-electron chi connectivity index (χ2n) is 7.80. The summed E-state index contributed by atoms with van der Waals surface area (Å²) in [5.41, 5.74) is 2.13. The SMILES string of the molecule is CCOc1ccccc1OC1CCN(CC(=O)Nc2ccc(C(C)C)cc2)CC1. The normalized spacial score (nSPS) is 15.3. The van der Waals surface area contributed by atoms with Crippen molar-refractivity contribution in [2.24, 2.45) is 0 Å². The van der Waals surface area contributed by atoms with Gasteiger partial charge in [-0.1, -0.05) is 38.1 Å². The van der Waals surface area contributed by atoms with Gasteiger partial charge in [0.2, 0.25) is 5.91 Å². The van der Waals surface area contributed by atoms with E-state index in [1.807, 2.05) is 43.3 Å². The highest BCUT2D eigenvalue weighted by Crippen LogP contribution is 2.29. The Balaban J connectivity index is 1.44. The predicted octanol–water partition coefficient (Wildman–Crippen LogP) is 4.69. The Morgan fingerprint density at radius 3 is 2.34 bits per heavy atom. The van der Waals surface area contributed by atoms with Gasteiger partial charge >= 0.3 is 0 Å². The summed E-state index contributed by atoms with van der Waals surface area (Å²) >= 11 is 0. The van der Waals surface area contributed by atoms with Crippen molar-refractivity contribution in [2.75, 3.05) is 31.6 Å². The molecule has 0 aliphatic carbocycles. The van der Waals surface area contributed by atoms with Gasteiger partial charge in [-0.2, -0.15) is 0 Å². The number of nitrogens with one attached hydrogen (secondary N) is 1. The molecule has 0 atom stereocenters. The van der Waals surface area contributed by atoms with Crippen molar-refractivity contribution in [1.29, 1.82) is 0 Å². The van der Waals surface area contributed by atoms with Crippen LogP contribution in [0.15, 0.2) is 48.5 Å². The van der Waals surface area contributed by atoms with E-state index in [2.05, 4.69) is 36.2 Å². The summed E-state index contributed by atoms with van der Waals surface area (Å²) in [5.74, 6) is 2.11. The van der Waals surface area contributed by atoms with E-state index in [4.69, 9.17) is 9.47 Å². The van der Waals surface area contributed by atoms with Crippen molar-refractivity contribution in [2.45, 2.75) is 45.6 Å². The molecule has 0 radical (unpaired) electrons. The third-order valence-corrected chi connectivity index (χ3v) is 5.21. The lowest BCUT2D eigenvalue weighted by Crippen LogP contribution is -2.42. The Bertz CT molecular complexity index is 781. The zero-order chi connectivity index (χ0) is 20.6. The summed E-state index contributed by atoms with van der Waals surface area (Å²) in [6.07, 6.45) is 1.95. The number of benzene rings is 2. The minimum atomic E-state index is 0.0309. The van der Waals surface area contributed by atoms with Gasteiger partial charge < -0.3 is 14.8 Å². The molecule has 29 heavy (non-hydrogen) atoms. The van der Waals surface area contributed by atoms with Gasteiger partial charge in [0.05, 0.1) is 13.2 Å². The molecule has 0 unspecified atom stereocenters. The second-order valence-corrected chi connectivity index (χ2v) is 7.80. The summed E-state index contributed by atoms with van der Waals surface area (Å²) in [6.45, 7) is 9.02. The topological polar surface area (TPSA) is 50.8 Å². The van der Waals surface area contributed by atoms with Gasteiger partial charge in [-0.15, -0.1) is 0 Å². The first kappa shape index (κ1) is 21.2. The number of nitrogens with zero attached hydrogens (tertiary/aromatic N) is 1. The van der Waals surface area contributed by atoms with Crippen molar-refractivity contribution in [3.63, 3.8) is 0 Å². The molecule has 1 aliphatic heterocycles. The first-order valence-electron chi connectivity index (χ1n) is 10.6. The fraction of sp³-hybridized carbons (Fsp3) is 0.458. The summed E-state index contributed by atoms with van der Waals surface area (Å²) in [5, 5.41) is 3.00. The largest absolute Gasteiger partial charge is 0.490 e. The van der Waals surface area contributed by atoms with Crippen molar-refractivity contribution in [1.82, 2.24) is 4.90 Å². The first-order chi connectivity index (χ1) is 14.0. The monoisotopic (exact) mass is 396 g/mol. The third-order valence-electron chi connectivity index (χ3n) is 5.21. The highest BCUT2D eigenvalue weighted by atomic mass is 16.5. The lowest BCUT2D eigenvalue weighted by atomic mass is 10.0. The van der Waals surface area contributed by atoms with Crippen LogP contribution in [0.1, 0.15) is 45.1 Å². The van der Waals surface area contributed by atoms with Crippen molar-refractivity contribution >= 4 is 11.6 Å². The number of para-hydroxylation sites is 2. The van der Waals surface area contributed by atoms with Crippen LogP contribution in [0.3, 0.4) is 0 Å². The summed E-state index contributed by atoms with van der Waals surface area (Å²) in [7, 11) is 0. The summed E-state index contributed by atoms with van der Waals surface area (Å²) in [6, 6.07) is 15.9. The number of hydrogen-bond acceptors (Lipinski definition) is 4. The highest BCUT2D eigenvalue weighted by molar-refractivity contribution is 5.92. The number of likely N-dealkylation sites (tertiary alicyclic amines) is 1. The Labute approximate surface area is 174 Å². The molecular formula is C24H32N2O3. The number of anilines is 1. The standard InChI is InChI=1S/C24H32N2O3/c1-4-28-22-7-5-6-8-23(22)29-21-13-15-26(16-14-21)17-24(27)25-20-11-9-19(10-12-20)18(2)3/h5-12,18,21H,4,13-17H2,1-3H3,(H,25,27). The molecule has 1 aliphatic rings. The van der Waals surface area contributed by atoms with E-state index >= 15 is 0 Å². The lowest BCUT2D eigenvalue weighted by Gasteiger charge is -2.32. The average Bonchev–Trinajstić information content (AvgIpc) is 2.71. The number of carbonyl (C=O) groups is 1. The summed E-state index contributed by atoms with van der Waals surface area (Å²) in [4.78, 5) is 14.6. The zero-order valence-corrected chi connectivity index (χ0v) is 17.7. The van der Waals surface area contributed by atoms with Crippen LogP contribution >= 0.6 is 0 Å². The molecule has 2 aromatic carbocycles. The van der Waals surface area contributed by atoms with E-state index in [1.165, 1.54) is 5.56 Å². The number of carbonyl (C=O) groups excluding carboxylic acids is 1. The highest BCUT2D eigenvalue weighted by Gasteiger charge is 2.23. The molecule has 1 N–H and O–H groups in total. The molecule has 1 heterocycles. The summed E-state index contributed by atoms with van der Waals surface area (Å²) < 4.78 is 11.8. The van der Waals surface area contributed by atoms with Crippen LogP contribution in [0.4, 0.5) is 5.69 Å². The van der Waals surface area contributed by atoms with Gasteiger partial charge in [0.1, 0.15) is 6.10 Å². The third kappa shape index (κ3) is 6.23. The molecular weight excluding hydrogens is 364 g/mol. The first-order valence-corrected chi connectivity index (χ1v) is 10.6. The van der Waals surface area contributed by atoms with Gasteiger partial charge in [-0.3, -0.25) is 9.69 Å². The maximum absolute atomic E-state index is 12.4. The minimum absolute atomic E-state index is 0.0309. The minimum Gasteiger partial charge on any atom is -0.490 e. The van der Waals surface area contributed by atoms with E-state index in [9.17, 15) is 4.79 Å². The van der Waals surface area contributed by atoms with E-state index in [1.54, 1.807) is 0 Å². The molecule has 156 valence electrons. The molecule has 5 heteroatoms. The van der Waals surface area contributed by atoms with Crippen LogP contribution in [-0.4, -0.2) is 43.2 Å². The zero-order valence-electron chi connectivity index (χ0n) is 17.7. The van der Waals surface area contributed by atoms with Crippen molar-refractivity contribution < 1.29 is 14.3 Å². The lowest BCUT2D eigenvalue weighted by molar-refractivity contribution is -0.117. The molecule has 3 rings (SSSR count). The molecule has 1 saturated heterocycles. The molecule has 0 bridgehead atoms. The smallest absolute Gasteiger partial charge is 0.238 e. The number of piperidine rings is 1. The molecule has 0 saturated carbocycles. The van der Waals surface area contributed by atoms with E-state index in [-0.39, 0.29) is 12.0 Å². The van der Waals surface area contributed by atoms with Crippen LogP contribution in [-0.2, 0) is 4.79 Å². The van der Waals surface area contributed by atoms with Crippen LogP contribution in [0.25, 0.3) is 0 Å². The van der Waals surface area contributed by atoms with E-state index in [0.29, 0.717) is 19.1 Å². The Morgan fingerprint density at radius 2 is 1.72 bits per heavy atom. The quantitative estimate of drug-likeness (QED) is 0.703. The fourth-order valence-electron chi connectivity index (χ4n) is 3.54. The van der Waals surface area contributed by atoms with Crippen molar-refractivity contribution in [3.8, 4) is 11.5 Å². The van der Waals surface area contributed by atoms with Crippen LogP contribution in [0.2, 0.25) is 0 Å². The Kier molecular flexibility index (Phi) is 7.53. The number of rotatable bonds is 8. The predicted molar refractivity (Wildman–Crippen MR) is 117 cm³/mol. The van der Waals surface area contributed by atoms with Crippen LogP contribution < -0.4 is 14.8 Å². The van der Waals surface area contributed by atoms with Gasteiger partial charge in [-0.25, -0.2) is 0 Å². The number of amides is 1. The Morgan fingerprint density at radius 1 is 1.07 bits per heavy atom. The fourth-order valence-corrected chi connectivity index (χ4v) is 3.54. The van der Waals surface area contributed by atoms with E-state index in [0.717, 1.165) is 43.1 Å². The molecule has 0 spiro atoms. The number of ether oxygens (including phenoxy) is 2. The molecule has 5 nitrogen and oxygen atoms in total. The van der Waals surface area contributed by atoms with Gasteiger partial charge in [0.15, 0.2) is 11.5 Å². The molecule has 1 amide bonds. The molecule has 2 aromatic rings. The van der Waals surface area contributed by atoms with Gasteiger partial charge in [0.25, 0.3) is 0 Å². The van der Waals surface area contributed by atoms with Crippen LogP contribution in [0, 0.1) is 0 Å². The van der Waals surface area contributed by atoms with Gasteiger partial charge in [-0.05, 0) is 55.5 Å². The molecule has 1 fully saturated rings. The van der Waals surface area contributed by atoms with Gasteiger partial charge in [0, 0.05) is 18.8 Å². The average molecular weight is 397 g/mol. The molecule has 0 aromatic heterocycles. The van der Waals surface area contributed by atoms with E-state index < -0.39 is 0 Å². The van der Waals surface area contributed by atoms with Crippen LogP contribution in [0.5, 0.6) is 11.5 Å². The van der Waals surface area contributed by atoms with Crippen molar-refractivity contribution in [3.05, 3.63) is 54.1 Å². The Hall–Kier alpha value is -2.53. The second kappa shape index (κ2) is 10.3.